The van der Waals surface area contributed by atoms with E-state index >= 15 is 0 Å². The van der Waals surface area contributed by atoms with Gasteiger partial charge >= 0.3 is 0 Å². The van der Waals surface area contributed by atoms with Crippen LogP contribution in [0.2, 0.25) is 0 Å². The third-order valence-corrected chi connectivity index (χ3v) is 7.60. The van der Waals surface area contributed by atoms with Gasteiger partial charge in [-0.25, -0.2) is 9.97 Å². The highest BCUT2D eigenvalue weighted by atomic mass is 14.9. The molecule has 0 spiro atoms. The average Bonchev–Trinajstić information content (AvgIpc) is 2.90. The highest BCUT2D eigenvalue weighted by Gasteiger charge is 2.03. The Morgan fingerprint density at radius 2 is 1.06 bits per heavy atom. The molecule has 0 fully saturated rings. The molecular weight excluding hydrogens is 424 g/mol. The van der Waals surface area contributed by atoms with Crippen molar-refractivity contribution < 1.29 is 0 Å². The van der Waals surface area contributed by atoms with Crippen molar-refractivity contribution >= 4 is 0 Å². The van der Waals surface area contributed by atoms with E-state index in [1.54, 1.807) is 0 Å². The molecule has 0 bridgehead atoms. The molecule has 1 aromatic heterocycles. The first kappa shape index (κ1) is 29.5. The highest BCUT2D eigenvalue weighted by Crippen LogP contribution is 2.19. The van der Waals surface area contributed by atoms with Gasteiger partial charge in [-0.1, -0.05) is 141 Å². The van der Waals surface area contributed by atoms with Crippen molar-refractivity contribution in [2.75, 3.05) is 0 Å². The van der Waals surface area contributed by atoms with Gasteiger partial charge in [-0.3, -0.25) is 0 Å². The van der Waals surface area contributed by atoms with Crippen LogP contribution in [0, 0.1) is 5.92 Å². The van der Waals surface area contributed by atoms with Crippen LogP contribution in [0.5, 0.6) is 0 Å². The molecule has 0 radical (unpaired) electrons. The summed E-state index contributed by atoms with van der Waals surface area (Å²) in [5.41, 5.74) is 3.84. The zero-order valence-corrected chi connectivity index (χ0v) is 23.4. The van der Waals surface area contributed by atoms with Crippen molar-refractivity contribution in [3.63, 3.8) is 0 Å². The van der Waals surface area contributed by atoms with Crippen LogP contribution in [-0.4, -0.2) is 9.97 Å². The molecule has 196 valence electrons. The fourth-order valence-electron chi connectivity index (χ4n) is 4.83. The van der Waals surface area contributed by atoms with Gasteiger partial charge in [0.2, 0.25) is 0 Å². The quantitative estimate of drug-likeness (QED) is 0.167. The number of hydrogen-bond acceptors (Lipinski definition) is 2. The molecule has 2 nitrogen and oxygen atoms in total. The van der Waals surface area contributed by atoms with Crippen molar-refractivity contribution in [2.24, 2.45) is 5.92 Å². The fraction of sp³-hybridized carbons (Fsp3) is 0.697. The van der Waals surface area contributed by atoms with Crippen LogP contribution in [0.25, 0.3) is 11.4 Å². The Labute approximate surface area is 217 Å². The minimum Gasteiger partial charge on any atom is -0.236 e. The predicted molar refractivity (Wildman–Crippen MR) is 154 cm³/mol. The van der Waals surface area contributed by atoms with Crippen LogP contribution in [0.15, 0.2) is 36.7 Å². The minimum absolute atomic E-state index is 0.852. The number of nitrogens with zero attached hydrogens (tertiary/aromatic N) is 2. The smallest absolute Gasteiger partial charge is 0.159 e. The fourth-order valence-corrected chi connectivity index (χ4v) is 4.83. The Morgan fingerprint density at radius 1 is 0.571 bits per heavy atom. The zero-order chi connectivity index (χ0) is 25.0. The lowest BCUT2D eigenvalue weighted by Gasteiger charge is -2.07. The molecule has 0 amide bonds. The summed E-state index contributed by atoms with van der Waals surface area (Å²) in [6.45, 7) is 6.97. The van der Waals surface area contributed by atoms with Crippen LogP contribution in [0.4, 0.5) is 0 Å². The SMILES string of the molecule is CCCCCCCCCCCc1cnc(-c2ccc(CCCCCCCCC(C)CC)cc2)nc1. The topological polar surface area (TPSA) is 25.8 Å². The number of rotatable bonds is 21. The average molecular weight is 479 g/mol. The molecule has 1 unspecified atom stereocenters. The molecule has 0 N–H and O–H groups in total. The summed E-state index contributed by atoms with van der Waals surface area (Å²) in [6.07, 6.45) is 29.7. The first-order chi connectivity index (χ1) is 17.2. The summed E-state index contributed by atoms with van der Waals surface area (Å²) in [4.78, 5) is 9.30. The highest BCUT2D eigenvalue weighted by molar-refractivity contribution is 5.55. The van der Waals surface area contributed by atoms with E-state index in [9.17, 15) is 0 Å². The zero-order valence-electron chi connectivity index (χ0n) is 23.4. The van der Waals surface area contributed by atoms with E-state index in [1.165, 1.54) is 127 Å². The third-order valence-electron chi connectivity index (χ3n) is 7.60. The number of aryl methyl sites for hydroxylation is 2. The minimum atomic E-state index is 0.852. The van der Waals surface area contributed by atoms with Gasteiger partial charge in [-0.15, -0.1) is 0 Å². The van der Waals surface area contributed by atoms with E-state index in [4.69, 9.17) is 0 Å². The lowest BCUT2D eigenvalue weighted by molar-refractivity contribution is 0.471. The molecule has 0 aliphatic heterocycles. The lowest BCUT2D eigenvalue weighted by Crippen LogP contribution is -1.94. The summed E-state index contributed by atoms with van der Waals surface area (Å²) >= 11 is 0. The van der Waals surface area contributed by atoms with Crippen molar-refractivity contribution in [1.82, 2.24) is 9.97 Å². The monoisotopic (exact) mass is 478 g/mol. The second-order valence-corrected chi connectivity index (χ2v) is 10.9. The second-order valence-electron chi connectivity index (χ2n) is 10.9. The number of unbranched alkanes of at least 4 members (excludes halogenated alkanes) is 13. The van der Waals surface area contributed by atoms with E-state index in [0.29, 0.717) is 0 Å². The molecule has 1 aromatic carbocycles. The first-order valence-electron chi connectivity index (χ1n) is 15.1. The predicted octanol–water partition coefficient (Wildman–Crippen LogP) is 10.5. The van der Waals surface area contributed by atoms with Crippen molar-refractivity contribution in [3.05, 3.63) is 47.8 Å². The lowest BCUT2D eigenvalue weighted by atomic mass is 9.99. The Bertz CT molecular complexity index is 735. The van der Waals surface area contributed by atoms with Gasteiger partial charge in [0, 0.05) is 18.0 Å². The Kier molecular flexibility index (Phi) is 16.4. The Balaban J connectivity index is 1.56. The molecule has 0 saturated heterocycles. The van der Waals surface area contributed by atoms with Crippen LogP contribution in [0.3, 0.4) is 0 Å². The number of aromatic nitrogens is 2. The molecule has 35 heavy (non-hydrogen) atoms. The van der Waals surface area contributed by atoms with Crippen molar-refractivity contribution in [2.45, 2.75) is 143 Å². The molecule has 0 aliphatic rings. The Hall–Kier alpha value is -1.70. The van der Waals surface area contributed by atoms with E-state index in [-0.39, 0.29) is 0 Å². The van der Waals surface area contributed by atoms with E-state index in [1.807, 2.05) is 12.4 Å². The van der Waals surface area contributed by atoms with Gasteiger partial charge in [0.15, 0.2) is 5.82 Å². The standard InChI is InChI=1S/C33H54N2/c1-4-6-7-8-9-10-11-16-19-22-31-27-34-33(35-28-31)32-25-23-30(24-26-32)21-18-15-13-12-14-17-20-29(3)5-2/h23-29H,4-22H2,1-3H3. The van der Waals surface area contributed by atoms with Crippen molar-refractivity contribution in [3.8, 4) is 11.4 Å². The maximum Gasteiger partial charge on any atom is 0.159 e. The molecule has 2 heteroatoms. The van der Waals surface area contributed by atoms with Gasteiger partial charge in [-0.2, -0.15) is 0 Å². The van der Waals surface area contributed by atoms with Gasteiger partial charge in [0.25, 0.3) is 0 Å². The molecular formula is C33H54N2. The first-order valence-corrected chi connectivity index (χ1v) is 15.1. The normalized spacial score (nSPS) is 12.2. The van der Waals surface area contributed by atoms with Gasteiger partial charge in [-0.05, 0) is 42.7 Å². The van der Waals surface area contributed by atoms with Gasteiger partial charge in [0.05, 0.1) is 0 Å². The number of benzene rings is 1. The second kappa shape index (κ2) is 19.5. The van der Waals surface area contributed by atoms with Crippen LogP contribution in [0.1, 0.15) is 141 Å². The van der Waals surface area contributed by atoms with E-state index < -0.39 is 0 Å². The summed E-state index contributed by atoms with van der Waals surface area (Å²) < 4.78 is 0. The summed E-state index contributed by atoms with van der Waals surface area (Å²) in [6, 6.07) is 8.92. The third kappa shape index (κ3) is 13.8. The van der Waals surface area contributed by atoms with Gasteiger partial charge < -0.3 is 0 Å². The molecule has 2 rings (SSSR count). The van der Waals surface area contributed by atoms with Crippen LogP contribution < -0.4 is 0 Å². The van der Waals surface area contributed by atoms with Gasteiger partial charge in [0.1, 0.15) is 0 Å². The molecule has 1 atom stereocenters. The largest absolute Gasteiger partial charge is 0.236 e. The Morgan fingerprint density at radius 3 is 1.60 bits per heavy atom. The summed E-state index contributed by atoms with van der Waals surface area (Å²) in [5.74, 6) is 1.76. The molecule has 0 saturated carbocycles. The van der Waals surface area contributed by atoms with Crippen LogP contribution in [-0.2, 0) is 12.8 Å². The maximum atomic E-state index is 4.65. The summed E-state index contributed by atoms with van der Waals surface area (Å²) in [7, 11) is 0. The molecule has 0 aliphatic carbocycles. The summed E-state index contributed by atoms with van der Waals surface area (Å²) in [5, 5.41) is 0. The molecule has 2 aromatic rings. The van der Waals surface area contributed by atoms with Crippen molar-refractivity contribution in [1.29, 1.82) is 0 Å². The molecule has 1 heterocycles. The van der Waals surface area contributed by atoms with Crippen LogP contribution >= 0.6 is 0 Å². The van der Waals surface area contributed by atoms with E-state index in [2.05, 4.69) is 55.0 Å². The van der Waals surface area contributed by atoms with E-state index in [0.717, 1.165) is 23.7 Å². The maximum absolute atomic E-state index is 4.65. The number of hydrogen-bond donors (Lipinski definition) is 0.